The zero-order valence-electron chi connectivity index (χ0n) is 11.5. The molecular formula is C16H17NO3. The number of nitrogens with zero attached hydrogens (tertiary/aromatic N) is 1. The molecule has 0 atom stereocenters. The average Bonchev–Trinajstić information content (AvgIpc) is 2.41. The first-order chi connectivity index (χ1) is 9.49. The first-order valence-electron chi connectivity index (χ1n) is 6.28. The van der Waals surface area contributed by atoms with Crippen LogP contribution in [0.15, 0.2) is 42.5 Å². The van der Waals surface area contributed by atoms with Crippen LogP contribution in [-0.2, 0) is 6.54 Å². The number of ketones is 1. The highest BCUT2D eigenvalue weighted by atomic mass is 16.3. The zero-order valence-corrected chi connectivity index (χ0v) is 11.5. The largest absolute Gasteiger partial charge is 0.507 e. The molecule has 0 aromatic heterocycles. The van der Waals surface area contributed by atoms with Crippen molar-refractivity contribution >= 4 is 5.78 Å². The standard InChI is InChI=1S/C16H17NO3/c1-17(2)10-12-8-13(15(19)9-14(12)18)16(20)11-6-4-3-5-7-11/h3-9,18-19H,10H2,1-2H3. The fraction of sp³-hybridized carbons (Fsp3) is 0.188. The molecule has 0 unspecified atom stereocenters. The summed E-state index contributed by atoms with van der Waals surface area (Å²) in [5, 5.41) is 19.7. The van der Waals surface area contributed by atoms with E-state index in [4.69, 9.17) is 0 Å². The summed E-state index contributed by atoms with van der Waals surface area (Å²) < 4.78 is 0. The van der Waals surface area contributed by atoms with Crippen LogP contribution in [-0.4, -0.2) is 35.0 Å². The summed E-state index contributed by atoms with van der Waals surface area (Å²) in [5.74, 6) is -0.484. The molecule has 20 heavy (non-hydrogen) atoms. The van der Waals surface area contributed by atoms with Gasteiger partial charge in [-0.1, -0.05) is 30.3 Å². The van der Waals surface area contributed by atoms with Crippen molar-refractivity contribution in [3.63, 3.8) is 0 Å². The van der Waals surface area contributed by atoms with Gasteiger partial charge in [0, 0.05) is 23.7 Å². The molecule has 2 N–H and O–H groups in total. The Balaban J connectivity index is 2.43. The van der Waals surface area contributed by atoms with E-state index in [0.717, 1.165) is 0 Å². The van der Waals surface area contributed by atoms with Crippen LogP contribution in [0.2, 0.25) is 0 Å². The molecule has 0 saturated carbocycles. The molecule has 104 valence electrons. The summed E-state index contributed by atoms with van der Waals surface area (Å²) in [6.07, 6.45) is 0. The Morgan fingerprint density at radius 1 is 1.05 bits per heavy atom. The molecule has 2 aromatic rings. The van der Waals surface area contributed by atoms with E-state index >= 15 is 0 Å². The van der Waals surface area contributed by atoms with Gasteiger partial charge >= 0.3 is 0 Å². The molecule has 0 radical (unpaired) electrons. The number of hydrogen-bond acceptors (Lipinski definition) is 4. The van der Waals surface area contributed by atoms with Crippen LogP contribution in [0.3, 0.4) is 0 Å². The summed E-state index contributed by atoms with van der Waals surface area (Å²) in [4.78, 5) is 14.2. The van der Waals surface area contributed by atoms with Gasteiger partial charge in [0.05, 0.1) is 5.56 Å². The van der Waals surface area contributed by atoms with Gasteiger partial charge in [-0.05, 0) is 20.2 Å². The second-order valence-electron chi connectivity index (χ2n) is 4.93. The zero-order chi connectivity index (χ0) is 14.7. The third-order valence-electron chi connectivity index (χ3n) is 2.96. The Hall–Kier alpha value is -2.33. The molecule has 0 saturated heterocycles. The molecule has 0 aliphatic heterocycles. The fourth-order valence-electron chi connectivity index (χ4n) is 2.02. The Morgan fingerprint density at radius 3 is 2.30 bits per heavy atom. The van der Waals surface area contributed by atoms with Crippen molar-refractivity contribution in [2.24, 2.45) is 0 Å². The van der Waals surface area contributed by atoms with Crippen LogP contribution in [0.5, 0.6) is 11.5 Å². The maximum atomic E-state index is 12.4. The molecule has 0 aliphatic rings. The molecule has 0 amide bonds. The highest BCUT2D eigenvalue weighted by Gasteiger charge is 2.16. The van der Waals surface area contributed by atoms with Crippen molar-refractivity contribution in [3.8, 4) is 11.5 Å². The van der Waals surface area contributed by atoms with Crippen LogP contribution in [0.25, 0.3) is 0 Å². The lowest BCUT2D eigenvalue weighted by molar-refractivity contribution is 0.103. The van der Waals surface area contributed by atoms with Gasteiger partial charge in [-0.3, -0.25) is 4.79 Å². The molecule has 0 fully saturated rings. The van der Waals surface area contributed by atoms with Gasteiger partial charge in [-0.25, -0.2) is 0 Å². The maximum absolute atomic E-state index is 12.4. The number of carbonyl (C=O) groups excluding carboxylic acids is 1. The van der Waals surface area contributed by atoms with Gasteiger partial charge < -0.3 is 15.1 Å². The number of aromatic hydroxyl groups is 2. The molecule has 0 bridgehead atoms. The Labute approximate surface area is 117 Å². The lowest BCUT2D eigenvalue weighted by Crippen LogP contribution is -2.12. The average molecular weight is 271 g/mol. The van der Waals surface area contributed by atoms with Crippen molar-refractivity contribution in [2.75, 3.05) is 14.1 Å². The van der Waals surface area contributed by atoms with E-state index in [0.29, 0.717) is 17.7 Å². The molecular weight excluding hydrogens is 254 g/mol. The van der Waals surface area contributed by atoms with E-state index in [1.807, 2.05) is 25.1 Å². The van der Waals surface area contributed by atoms with Crippen molar-refractivity contribution in [1.82, 2.24) is 4.90 Å². The highest BCUT2D eigenvalue weighted by molar-refractivity contribution is 6.10. The minimum absolute atomic E-state index is 0.0131. The summed E-state index contributed by atoms with van der Waals surface area (Å²) in [6.45, 7) is 0.487. The molecule has 0 spiro atoms. The summed E-state index contributed by atoms with van der Waals surface area (Å²) in [6, 6.07) is 11.5. The van der Waals surface area contributed by atoms with Crippen LogP contribution in [0.4, 0.5) is 0 Å². The van der Waals surface area contributed by atoms with Crippen LogP contribution in [0, 0.1) is 0 Å². The smallest absolute Gasteiger partial charge is 0.196 e. The predicted octanol–water partition coefficient (Wildman–Crippen LogP) is 2.39. The maximum Gasteiger partial charge on any atom is 0.196 e. The number of phenolic OH excluding ortho intramolecular Hbond substituents is 2. The van der Waals surface area contributed by atoms with Gasteiger partial charge in [0.15, 0.2) is 5.78 Å². The second kappa shape index (κ2) is 5.75. The van der Waals surface area contributed by atoms with Crippen molar-refractivity contribution in [3.05, 3.63) is 59.2 Å². The van der Waals surface area contributed by atoms with Gasteiger partial charge in [-0.15, -0.1) is 0 Å². The van der Waals surface area contributed by atoms with Crippen LogP contribution >= 0.6 is 0 Å². The van der Waals surface area contributed by atoms with E-state index in [1.54, 1.807) is 30.3 Å². The molecule has 2 rings (SSSR count). The minimum atomic E-state index is -0.261. The Bertz CT molecular complexity index is 621. The Morgan fingerprint density at radius 2 is 1.70 bits per heavy atom. The lowest BCUT2D eigenvalue weighted by Gasteiger charge is -2.13. The van der Waals surface area contributed by atoms with Crippen LogP contribution in [0.1, 0.15) is 21.5 Å². The number of phenols is 2. The Kier molecular flexibility index (Phi) is 4.05. The first-order valence-corrected chi connectivity index (χ1v) is 6.28. The number of carbonyl (C=O) groups is 1. The van der Waals surface area contributed by atoms with Crippen LogP contribution < -0.4 is 0 Å². The quantitative estimate of drug-likeness (QED) is 0.838. The van der Waals surface area contributed by atoms with Crippen molar-refractivity contribution < 1.29 is 15.0 Å². The van der Waals surface area contributed by atoms with Gasteiger partial charge in [0.25, 0.3) is 0 Å². The van der Waals surface area contributed by atoms with E-state index in [9.17, 15) is 15.0 Å². The van der Waals surface area contributed by atoms with E-state index < -0.39 is 0 Å². The molecule has 4 nitrogen and oxygen atoms in total. The fourth-order valence-corrected chi connectivity index (χ4v) is 2.02. The summed E-state index contributed by atoms with van der Waals surface area (Å²) >= 11 is 0. The molecule has 0 aliphatic carbocycles. The monoisotopic (exact) mass is 271 g/mol. The van der Waals surface area contributed by atoms with E-state index in [1.165, 1.54) is 6.07 Å². The summed E-state index contributed by atoms with van der Waals surface area (Å²) in [5.41, 5.74) is 1.31. The lowest BCUT2D eigenvalue weighted by atomic mass is 9.99. The number of rotatable bonds is 4. The van der Waals surface area contributed by atoms with Gasteiger partial charge in [0.1, 0.15) is 11.5 Å². The predicted molar refractivity (Wildman–Crippen MR) is 77.0 cm³/mol. The highest BCUT2D eigenvalue weighted by Crippen LogP contribution is 2.29. The molecule has 2 aromatic carbocycles. The number of hydrogen-bond donors (Lipinski definition) is 2. The third kappa shape index (κ3) is 2.97. The summed E-state index contributed by atoms with van der Waals surface area (Å²) in [7, 11) is 3.73. The molecule has 4 heteroatoms. The SMILES string of the molecule is CN(C)Cc1cc(C(=O)c2ccccc2)c(O)cc1O. The number of benzene rings is 2. The molecule has 0 heterocycles. The third-order valence-corrected chi connectivity index (χ3v) is 2.96. The first kappa shape index (κ1) is 14.1. The van der Waals surface area contributed by atoms with E-state index in [2.05, 4.69) is 0 Å². The second-order valence-corrected chi connectivity index (χ2v) is 4.93. The van der Waals surface area contributed by atoms with Gasteiger partial charge in [-0.2, -0.15) is 0 Å². The topological polar surface area (TPSA) is 60.8 Å². The normalized spacial score (nSPS) is 10.8. The van der Waals surface area contributed by atoms with E-state index in [-0.39, 0.29) is 22.8 Å². The van der Waals surface area contributed by atoms with Crippen molar-refractivity contribution in [1.29, 1.82) is 0 Å². The van der Waals surface area contributed by atoms with Crippen molar-refractivity contribution in [2.45, 2.75) is 6.54 Å². The van der Waals surface area contributed by atoms with Gasteiger partial charge in [0.2, 0.25) is 0 Å². The minimum Gasteiger partial charge on any atom is -0.507 e.